The summed E-state index contributed by atoms with van der Waals surface area (Å²) in [6.45, 7) is 0.620. The summed E-state index contributed by atoms with van der Waals surface area (Å²) >= 11 is 6.12. The van der Waals surface area contributed by atoms with Crippen LogP contribution >= 0.6 is 11.6 Å². The Balaban J connectivity index is 2.19. The molecule has 0 N–H and O–H groups in total. The third-order valence-electron chi connectivity index (χ3n) is 3.11. The van der Waals surface area contributed by atoms with E-state index in [1.54, 1.807) is 13.2 Å². The summed E-state index contributed by atoms with van der Waals surface area (Å²) < 4.78 is 5.19. The zero-order valence-electron chi connectivity index (χ0n) is 11.7. The van der Waals surface area contributed by atoms with Gasteiger partial charge in [-0.15, -0.1) is 0 Å². The molecule has 6 heteroatoms. The maximum absolute atomic E-state index is 10.7. The maximum Gasteiger partial charge on any atom is 0.271 e. The van der Waals surface area contributed by atoms with Crippen molar-refractivity contribution in [1.29, 1.82) is 0 Å². The molecule has 0 amide bonds. The van der Waals surface area contributed by atoms with Crippen molar-refractivity contribution in [1.82, 2.24) is 0 Å². The van der Waals surface area contributed by atoms with Crippen LogP contribution in [0.5, 0.6) is 5.75 Å². The normalized spacial score (nSPS) is 10.2. The van der Waals surface area contributed by atoms with Crippen LogP contribution in [0, 0.1) is 10.1 Å². The van der Waals surface area contributed by atoms with Gasteiger partial charge in [0.05, 0.1) is 22.7 Å². The summed E-state index contributed by atoms with van der Waals surface area (Å²) in [7, 11) is 3.50. The molecular weight excluding hydrogens is 292 g/mol. The van der Waals surface area contributed by atoms with Crippen LogP contribution in [0.15, 0.2) is 42.5 Å². The number of benzene rings is 2. The van der Waals surface area contributed by atoms with Crippen molar-refractivity contribution in [3.8, 4) is 5.75 Å². The average molecular weight is 307 g/mol. The topological polar surface area (TPSA) is 55.6 Å². The number of nitro groups is 1. The SMILES string of the molecule is COc1cccc(CN(C)c2ccc([N+](=O)[O-])cc2Cl)c1. The smallest absolute Gasteiger partial charge is 0.271 e. The van der Waals surface area contributed by atoms with Crippen LogP contribution in [0.4, 0.5) is 11.4 Å². The van der Waals surface area contributed by atoms with Crippen molar-refractivity contribution in [2.45, 2.75) is 6.54 Å². The summed E-state index contributed by atoms with van der Waals surface area (Å²) in [6, 6.07) is 12.2. The predicted octanol–water partition coefficient (Wildman–Crippen LogP) is 3.89. The van der Waals surface area contributed by atoms with Gasteiger partial charge in [0.15, 0.2) is 0 Å². The van der Waals surface area contributed by atoms with Crippen molar-refractivity contribution < 1.29 is 9.66 Å². The number of hydrogen-bond acceptors (Lipinski definition) is 4. The minimum atomic E-state index is -0.461. The standard InChI is InChI=1S/C15H15ClN2O3/c1-17(10-11-4-3-5-13(8-11)21-2)15-7-6-12(18(19)20)9-14(15)16/h3-9H,10H2,1-2H3. The fourth-order valence-corrected chi connectivity index (χ4v) is 2.37. The highest BCUT2D eigenvalue weighted by Gasteiger charge is 2.12. The van der Waals surface area contributed by atoms with Gasteiger partial charge >= 0.3 is 0 Å². The molecule has 0 fully saturated rings. The molecule has 21 heavy (non-hydrogen) atoms. The lowest BCUT2D eigenvalue weighted by Gasteiger charge is -2.20. The van der Waals surface area contributed by atoms with Gasteiger partial charge in [-0.1, -0.05) is 23.7 Å². The van der Waals surface area contributed by atoms with Crippen molar-refractivity contribution >= 4 is 23.0 Å². The fraction of sp³-hybridized carbons (Fsp3) is 0.200. The van der Waals surface area contributed by atoms with Crippen LogP contribution in [0.3, 0.4) is 0 Å². The first kappa shape index (κ1) is 15.1. The van der Waals surface area contributed by atoms with E-state index < -0.39 is 4.92 Å². The van der Waals surface area contributed by atoms with Gasteiger partial charge in [-0.25, -0.2) is 0 Å². The van der Waals surface area contributed by atoms with Crippen LogP contribution in [0.2, 0.25) is 5.02 Å². The molecule has 5 nitrogen and oxygen atoms in total. The van der Waals surface area contributed by atoms with E-state index in [1.807, 2.05) is 36.2 Å². The molecule has 0 aliphatic heterocycles. The number of hydrogen-bond donors (Lipinski definition) is 0. The number of methoxy groups -OCH3 is 1. The van der Waals surface area contributed by atoms with Gasteiger partial charge in [0, 0.05) is 25.7 Å². The molecular formula is C15H15ClN2O3. The first-order valence-corrected chi connectivity index (χ1v) is 6.67. The molecule has 2 rings (SSSR count). The van der Waals surface area contributed by atoms with Crippen molar-refractivity contribution in [3.05, 3.63) is 63.2 Å². The molecule has 0 saturated carbocycles. The average Bonchev–Trinajstić information content (AvgIpc) is 2.47. The lowest BCUT2D eigenvalue weighted by molar-refractivity contribution is -0.384. The number of rotatable bonds is 5. The van der Waals surface area contributed by atoms with E-state index in [1.165, 1.54) is 12.1 Å². The van der Waals surface area contributed by atoms with E-state index in [0.717, 1.165) is 17.0 Å². The molecule has 0 saturated heterocycles. The minimum absolute atomic E-state index is 0.0152. The molecule has 0 bridgehead atoms. The van der Waals surface area contributed by atoms with Crippen molar-refractivity contribution in [2.75, 3.05) is 19.1 Å². The molecule has 0 atom stereocenters. The first-order chi connectivity index (χ1) is 10.0. The quantitative estimate of drug-likeness (QED) is 0.621. The summed E-state index contributed by atoms with van der Waals surface area (Å²) in [5, 5.41) is 11.1. The van der Waals surface area contributed by atoms with E-state index in [9.17, 15) is 10.1 Å². The molecule has 0 aliphatic rings. The largest absolute Gasteiger partial charge is 0.497 e. The fourth-order valence-electron chi connectivity index (χ4n) is 2.05. The summed E-state index contributed by atoms with van der Waals surface area (Å²) in [5.74, 6) is 0.788. The zero-order chi connectivity index (χ0) is 15.4. The highest BCUT2D eigenvalue weighted by molar-refractivity contribution is 6.33. The van der Waals surface area contributed by atoms with Gasteiger partial charge in [0.1, 0.15) is 5.75 Å². The van der Waals surface area contributed by atoms with E-state index in [0.29, 0.717) is 11.6 Å². The Morgan fingerprint density at radius 1 is 1.29 bits per heavy atom. The van der Waals surface area contributed by atoms with Crippen LogP contribution in [-0.2, 0) is 6.54 Å². The van der Waals surface area contributed by atoms with Crippen LogP contribution < -0.4 is 9.64 Å². The molecule has 0 aliphatic carbocycles. The number of anilines is 1. The minimum Gasteiger partial charge on any atom is -0.497 e. The number of halogens is 1. The number of non-ortho nitro benzene ring substituents is 1. The highest BCUT2D eigenvalue weighted by atomic mass is 35.5. The molecule has 0 unspecified atom stereocenters. The molecule has 0 heterocycles. The molecule has 110 valence electrons. The molecule has 0 radical (unpaired) electrons. The Bertz CT molecular complexity index is 661. The van der Waals surface area contributed by atoms with Crippen LogP contribution in [0.25, 0.3) is 0 Å². The van der Waals surface area contributed by atoms with Gasteiger partial charge in [-0.2, -0.15) is 0 Å². The lowest BCUT2D eigenvalue weighted by Crippen LogP contribution is -2.16. The Morgan fingerprint density at radius 3 is 2.67 bits per heavy atom. The molecule has 2 aromatic carbocycles. The Kier molecular flexibility index (Phi) is 4.65. The van der Waals surface area contributed by atoms with E-state index in [2.05, 4.69) is 0 Å². The Labute approximate surface area is 127 Å². The third-order valence-corrected chi connectivity index (χ3v) is 3.41. The molecule has 2 aromatic rings. The maximum atomic E-state index is 10.7. The zero-order valence-corrected chi connectivity index (χ0v) is 12.5. The van der Waals surface area contributed by atoms with E-state index >= 15 is 0 Å². The predicted molar refractivity (Wildman–Crippen MR) is 83.2 cm³/mol. The van der Waals surface area contributed by atoms with Gasteiger partial charge < -0.3 is 9.64 Å². The number of nitro benzene ring substituents is 1. The van der Waals surface area contributed by atoms with Crippen molar-refractivity contribution in [2.24, 2.45) is 0 Å². The first-order valence-electron chi connectivity index (χ1n) is 6.29. The highest BCUT2D eigenvalue weighted by Crippen LogP contribution is 2.30. The lowest BCUT2D eigenvalue weighted by atomic mass is 10.2. The van der Waals surface area contributed by atoms with E-state index in [4.69, 9.17) is 16.3 Å². The summed E-state index contributed by atoms with van der Waals surface area (Å²) in [5.41, 5.74) is 1.79. The second kappa shape index (κ2) is 6.45. The van der Waals surface area contributed by atoms with Gasteiger partial charge in [0.25, 0.3) is 5.69 Å². The van der Waals surface area contributed by atoms with Crippen LogP contribution in [-0.4, -0.2) is 19.1 Å². The Hall–Kier alpha value is -2.27. The van der Waals surface area contributed by atoms with Crippen molar-refractivity contribution in [3.63, 3.8) is 0 Å². The second-order valence-electron chi connectivity index (χ2n) is 4.60. The number of ether oxygens (including phenoxy) is 1. The Morgan fingerprint density at radius 2 is 2.05 bits per heavy atom. The van der Waals surface area contributed by atoms with Gasteiger partial charge in [-0.05, 0) is 23.8 Å². The summed E-state index contributed by atoms with van der Waals surface area (Å²) in [4.78, 5) is 12.2. The van der Waals surface area contributed by atoms with E-state index in [-0.39, 0.29) is 5.69 Å². The molecule has 0 aromatic heterocycles. The van der Waals surface area contributed by atoms with Crippen LogP contribution in [0.1, 0.15) is 5.56 Å². The third kappa shape index (κ3) is 3.64. The van der Waals surface area contributed by atoms with Gasteiger partial charge in [0.2, 0.25) is 0 Å². The number of nitrogens with zero attached hydrogens (tertiary/aromatic N) is 2. The molecule has 0 spiro atoms. The second-order valence-corrected chi connectivity index (χ2v) is 5.01. The van der Waals surface area contributed by atoms with Gasteiger partial charge in [-0.3, -0.25) is 10.1 Å². The monoisotopic (exact) mass is 306 g/mol. The summed E-state index contributed by atoms with van der Waals surface area (Å²) in [6.07, 6.45) is 0.